The van der Waals surface area contributed by atoms with Crippen molar-refractivity contribution in [2.75, 3.05) is 0 Å². The Balaban J connectivity index is 0.000000200. The first-order chi connectivity index (χ1) is 9.13. The first-order valence-electron chi connectivity index (χ1n) is 7.59. The maximum absolute atomic E-state index is 10.6. The zero-order valence-electron chi connectivity index (χ0n) is 13.1. The van der Waals surface area contributed by atoms with Gasteiger partial charge in [-0.3, -0.25) is 9.59 Å². The van der Waals surface area contributed by atoms with Crippen molar-refractivity contribution in [1.82, 2.24) is 0 Å². The van der Waals surface area contributed by atoms with Crippen LogP contribution in [0.5, 0.6) is 0 Å². The van der Waals surface area contributed by atoms with Crippen LogP contribution in [0, 0.1) is 22.7 Å². The van der Waals surface area contributed by atoms with Crippen LogP contribution in [-0.4, -0.2) is 22.2 Å². The molecule has 20 heavy (non-hydrogen) atoms. The van der Waals surface area contributed by atoms with Crippen molar-refractivity contribution in [3.05, 3.63) is 0 Å². The van der Waals surface area contributed by atoms with Gasteiger partial charge in [0.15, 0.2) is 0 Å². The van der Waals surface area contributed by atoms with Gasteiger partial charge >= 0.3 is 11.9 Å². The fourth-order valence-corrected chi connectivity index (χ4v) is 2.86. The Morgan fingerprint density at radius 1 is 1.00 bits per heavy atom. The standard InChI is InChI=1S/2C8H14O2/c1-6(2)8(3-4-8)5-7(9)10;1-6(2)5-8(3-4-8)7(9)10/h2*6H,3-5H2,1-2H3,(H,9,10). The molecule has 0 heterocycles. The average Bonchev–Trinajstić information content (AvgIpc) is 3.14. The molecule has 2 N–H and O–H groups in total. The molecule has 0 aromatic rings. The van der Waals surface area contributed by atoms with Crippen molar-refractivity contribution >= 4 is 11.9 Å². The summed E-state index contributed by atoms with van der Waals surface area (Å²) in [5.74, 6) is -0.199. The highest BCUT2D eigenvalue weighted by Gasteiger charge is 2.50. The Kier molecular flexibility index (Phi) is 5.22. The Hall–Kier alpha value is -1.06. The van der Waals surface area contributed by atoms with E-state index in [0.29, 0.717) is 18.3 Å². The summed E-state index contributed by atoms with van der Waals surface area (Å²) in [4.78, 5) is 21.0. The first kappa shape index (κ1) is 17.0. The lowest BCUT2D eigenvalue weighted by molar-refractivity contribution is -0.144. The van der Waals surface area contributed by atoms with Crippen LogP contribution < -0.4 is 0 Å². The Labute approximate surface area is 121 Å². The van der Waals surface area contributed by atoms with E-state index in [1.165, 1.54) is 0 Å². The Bertz CT molecular complexity index is 363. The van der Waals surface area contributed by atoms with E-state index >= 15 is 0 Å². The quantitative estimate of drug-likeness (QED) is 0.778. The summed E-state index contributed by atoms with van der Waals surface area (Å²) in [5, 5.41) is 17.3. The monoisotopic (exact) mass is 284 g/mol. The van der Waals surface area contributed by atoms with Gasteiger partial charge in [-0.15, -0.1) is 0 Å². The van der Waals surface area contributed by atoms with E-state index in [-0.39, 0.29) is 10.8 Å². The largest absolute Gasteiger partial charge is 0.481 e. The van der Waals surface area contributed by atoms with Gasteiger partial charge in [0.05, 0.1) is 11.8 Å². The van der Waals surface area contributed by atoms with Crippen molar-refractivity contribution in [3.63, 3.8) is 0 Å². The third-order valence-electron chi connectivity index (χ3n) is 4.73. The molecule has 0 aromatic heterocycles. The number of rotatable bonds is 6. The van der Waals surface area contributed by atoms with Gasteiger partial charge in [0.1, 0.15) is 0 Å². The molecule has 0 spiro atoms. The number of carboxylic acids is 2. The third-order valence-corrected chi connectivity index (χ3v) is 4.73. The molecule has 0 radical (unpaired) electrons. The second-order valence-corrected chi connectivity index (χ2v) is 7.27. The molecule has 2 rings (SSSR count). The molecule has 0 amide bonds. The van der Waals surface area contributed by atoms with Crippen LogP contribution in [0.2, 0.25) is 0 Å². The van der Waals surface area contributed by atoms with Crippen LogP contribution in [0.4, 0.5) is 0 Å². The van der Waals surface area contributed by atoms with Gasteiger partial charge in [-0.2, -0.15) is 0 Å². The lowest BCUT2D eigenvalue weighted by Crippen LogP contribution is -2.16. The van der Waals surface area contributed by atoms with Crippen molar-refractivity contribution in [3.8, 4) is 0 Å². The van der Waals surface area contributed by atoms with E-state index in [4.69, 9.17) is 10.2 Å². The van der Waals surface area contributed by atoms with E-state index in [2.05, 4.69) is 27.7 Å². The number of carbonyl (C=O) groups is 2. The second kappa shape index (κ2) is 6.15. The first-order valence-corrected chi connectivity index (χ1v) is 7.59. The average molecular weight is 284 g/mol. The topological polar surface area (TPSA) is 74.6 Å². The summed E-state index contributed by atoms with van der Waals surface area (Å²) in [6.07, 6.45) is 5.21. The molecule has 2 fully saturated rings. The minimum Gasteiger partial charge on any atom is -0.481 e. The predicted octanol–water partition coefficient (Wildman–Crippen LogP) is 3.79. The minimum absolute atomic E-state index is 0.172. The van der Waals surface area contributed by atoms with Crippen LogP contribution in [-0.2, 0) is 9.59 Å². The molecule has 0 bridgehead atoms. The zero-order valence-corrected chi connectivity index (χ0v) is 13.1. The van der Waals surface area contributed by atoms with Crippen LogP contribution in [0.3, 0.4) is 0 Å². The number of aliphatic carboxylic acids is 2. The summed E-state index contributed by atoms with van der Waals surface area (Å²) in [5.41, 5.74) is -0.139. The molecule has 116 valence electrons. The number of carboxylic acid groups (broad SMARTS) is 2. The van der Waals surface area contributed by atoms with Gasteiger partial charge in [-0.05, 0) is 49.4 Å². The lowest BCUT2D eigenvalue weighted by Gasteiger charge is -2.15. The summed E-state index contributed by atoms with van der Waals surface area (Å²) in [6.45, 7) is 8.36. The highest BCUT2D eigenvalue weighted by molar-refractivity contribution is 5.77. The maximum atomic E-state index is 10.6. The van der Waals surface area contributed by atoms with Gasteiger partial charge < -0.3 is 10.2 Å². The molecule has 2 aliphatic carbocycles. The lowest BCUT2D eigenvalue weighted by atomic mass is 9.89. The highest BCUT2D eigenvalue weighted by atomic mass is 16.4. The molecule has 2 aliphatic rings. The Morgan fingerprint density at radius 3 is 1.60 bits per heavy atom. The smallest absolute Gasteiger partial charge is 0.309 e. The number of hydrogen-bond acceptors (Lipinski definition) is 2. The van der Waals surface area contributed by atoms with Crippen LogP contribution in [0.15, 0.2) is 0 Å². The van der Waals surface area contributed by atoms with Gasteiger partial charge in [-0.1, -0.05) is 27.7 Å². The SMILES string of the molecule is CC(C)C1(CC(=O)O)CC1.CC(C)CC1(C(=O)O)CC1. The van der Waals surface area contributed by atoms with Gasteiger partial charge in [0.25, 0.3) is 0 Å². The fraction of sp³-hybridized carbons (Fsp3) is 0.875. The van der Waals surface area contributed by atoms with Crippen molar-refractivity contribution in [2.45, 2.75) is 66.2 Å². The van der Waals surface area contributed by atoms with Crippen molar-refractivity contribution < 1.29 is 19.8 Å². The second-order valence-electron chi connectivity index (χ2n) is 7.27. The van der Waals surface area contributed by atoms with E-state index in [1.54, 1.807) is 0 Å². The molecular formula is C16H28O4. The van der Waals surface area contributed by atoms with Crippen LogP contribution in [0.1, 0.15) is 66.2 Å². The summed E-state index contributed by atoms with van der Waals surface area (Å²) in [6, 6.07) is 0. The van der Waals surface area contributed by atoms with Gasteiger partial charge in [-0.25, -0.2) is 0 Å². The molecular weight excluding hydrogens is 256 g/mol. The van der Waals surface area contributed by atoms with E-state index in [9.17, 15) is 9.59 Å². The fourth-order valence-electron chi connectivity index (χ4n) is 2.86. The van der Waals surface area contributed by atoms with Crippen molar-refractivity contribution in [2.24, 2.45) is 22.7 Å². The minimum atomic E-state index is -0.647. The van der Waals surface area contributed by atoms with E-state index in [0.717, 1.165) is 32.1 Å². The molecule has 4 heteroatoms. The highest BCUT2D eigenvalue weighted by Crippen LogP contribution is 2.54. The Morgan fingerprint density at radius 2 is 1.50 bits per heavy atom. The molecule has 0 unspecified atom stereocenters. The van der Waals surface area contributed by atoms with Crippen LogP contribution >= 0.6 is 0 Å². The molecule has 0 saturated heterocycles. The summed E-state index contributed by atoms with van der Waals surface area (Å²) in [7, 11) is 0. The molecule has 4 nitrogen and oxygen atoms in total. The molecule has 0 aliphatic heterocycles. The van der Waals surface area contributed by atoms with Crippen molar-refractivity contribution in [1.29, 1.82) is 0 Å². The molecule has 0 aromatic carbocycles. The molecule has 0 atom stereocenters. The van der Waals surface area contributed by atoms with E-state index in [1.807, 2.05) is 0 Å². The van der Waals surface area contributed by atoms with Gasteiger partial charge in [0, 0.05) is 0 Å². The molecule has 2 saturated carbocycles. The maximum Gasteiger partial charge on any atom is 0.309 e. The van der Waals surface area contributed by atoms with Gasteiger partial charge in [0.2, 0.25) is 0 Å². The zero-order chi connectivity index (χ0) is 15.6. The third kappa shape index (κ3) is 4.50. The van der Waals surface area contributed by atoms with Crippen LogP contribution in [0.25, 0.3) is 0 Å². The summed E-state index contributed by atoms with van der Waals surface area (Å²) >= 11 is 0. The number of hydrogen-bond donors (Lipinski definition) is 2. The predicted molar refractivity (Wildman–Crippen MR) is 77.5 cm³/mol. The summed E-state index contributed by atoms with van der Waals surface area (Å²) < 4.78 is 0. The van der Waals surface area contributed by atoms with E-state index < -0.39 is 11.9 Å². The normalized spacial score (nSPS) is 21.1.